The van der Waals surface area contributed by atoms with Gasteiger partial charge in [-0.05, 0) is 48.5 Å². The minimum Gasteiger partial charge on any atom is -0.493 e. The summed E-state index contributed by atoms with van der Waals surface area (Å²) in [6.45, 7) is 2.47. The van der Waals surface area contributed by atoms with Gasteiger partial charge in [0.2, 0.25) is 5.91 Å². The Morgan fingerprint density at radius 2 is 1.45 bits per heavy atom. The molecule has 4 nitrogen and oxygen atoms in total. The SMILES string of the molecule is CC(=O)Nc1ccc(OCCCOc2ccc(F)cc2)cc1. The molecule has 0 aliphatic heterocycles. The van der Waals surface area contributed by atoms with E-state index in [1.54, 1.807) is 36.4 Å². The highest BCUT2D eigenvalue weighted by atomic mass is 19.1. The molecule has 0 heterocycles. The second-order valence-corrected chi connectivity index (χ2v) is 4.71. The molecule has 2 rings (SSSR count). The third-order valence-electron chi connectivity index (χ3n) is 2.81. The highest BCUT2D eigenvalue weighted by Gasteiger charge is 1.98. The fourth-order valence-electron chi connectivity index (χ4n) is 1.81. The van der Waals surface area contributed by atoms with E-state index in [4.69, 9.17) is 9.47 Å². The number of rotatable bonds is 7. The summed E-state index contributed by atoms with van der Waals surface area (Å²) in [4.78, 5) is 10.9. The fourth-order valence-corrected chi connectivity index (χ4v) is 1.81. The molecule has 2 aromatic rings. The number of ether oxygens (including phenoxy) is 2. The minimum atomic E-state index is -0.279. The monoisotopic (exact) mass is 303 g/mol. The van der Waals surface area contributed by atoms with Gasteiger partial charge in [0.25, 0.3) is 0 Å². The molecule has 2 aromatic carbocycles. The molecule has 22 heavy (non-hydrogen) atoms. The van der Waals surface area contributed by atoms with Gasteiger partial charge in [-0.1, -0.05) is 0 Å². The summed E-state index contributed by atoms with van der Waals surface area (Å²) < 4.78 is 23.8. The molecule has 0 fully saturated rings. The van der Waals surface area contributed by atoms with Crippen LogP contribution in [0.4, 0.5) is 10.1 Å². The van der Waals surface area contributed by atoms with Gasteiger partial charge in [0.15, 0.2) is 0 Å². The lowest BCUT2D eigenvalue weighted by molar-refractivity contribution is -0.114. The van der Waals surface area contributed by atoms with Crippen molar-refractivity contribution in [3.05, 3.63) is 54.3 Å². The Kier molecular flexibility index (Phi) is 5.77. The Balaban J connectivity index is 1.66. The maximum absolute atomic E-state index is 12.7. The van der Waals surface area contributed by atoms with Crippen LogP contribution in [0.5, 0.6) is 11.5 Å². The molecule has 0 atom stereocenters. The smallest absolute Gasteiger partial charge is 0.221 e. The maximum atomic E-state index is 12.7. The molecular formula is C17H18FNO3. The van der Waals surface area contributed by atoms with Crippen LogP contribution in [0.3, 0.4) is 0 Å². The topological polar surface area (TPSA) is 47.6 Å². The van der Waals surface area contributed by atoms with Crippen molar-refractivity contribution in [3.63, 3.8) is 0 Å². The molecule has 0 radical (unpaired) electrons. The number of nitrogens with one attached hydrogen (secondary N) is 1. The number of hydrogen-bond donors (Lipinski definition) is 1. The largest absolute Gasteiger partial charge is 0.493 e. The average molecular weight is 303 g/mol. The summed E-state index contributed by atoms with van der Waals surface area (Å²) in [5.74, 6) is 0.988. The summed E-state index contributed by atoms with van der Waals surface area (Å²) in [6, 6.07) is 13.1. The Bertz CT molecular complexity index is 596. The third-order valence-corrected chi connectivity index (χ3v) is 2.81. The van der Waals surface area contributed by atoms with Crippen LogP contribution in [0.25, 0.3) is 0 Å². The highest BCUT2D eigenvalue weighted by molar-refractivity contribution is 5.88. The Morgan fingerprint density at radius 1 is 0.955 bits per heavy atom. The van der Waals surface area contributed by atoms with E-state index >= 15 is 0 Å². The number of carbonyl (C=O) groups excluding carboxylic acids is 1. The highest BCUT2D eigenvalue weighted by Crippen LogP contribution is 2.16. The second-order valence-electron chi connectivity index (χ2n) is 4.71. The number of anilines is 1. The molecule has 0 aliphatic rings. The van der Waals surface area contributed by atoms with Crippen molar-refractivity contribution in [1.29, 1.82) is 0 Å². The quantitative estimate of drug-likeness (QED) is 0.795. The standard InChI is InChI=1S/C17H18FNO3/c1-13(20)19-15-5-9-17(10-6-15)22-12-2-11-21-16-7-3-14(18)4-8-16/h3-10H,2,11-12H2,1H3,(H,19,20). The predicted molar refractivity (Wildman–Crippen MR) is 82.8 cm³/mol. The predicted octanol–water partition coefficient (Wildman–Crippen LogP) is 3.63. The number of halogens is 1. The molecule has 0 aromatic heterocycles. The van der Waals surface area contributed by atoms with Crippen LogP contribution >= 0.6 is 0 Å². The molecule has 0 saturated heterocycles. The van der Waals surface area contributed by atoms with Gasteiger partial charge in [0.1, 0.15) is 17.3 Å². The molecule has 116 valence electrons. The van der Waals surface area contributed by atoms with Crippen LogP contribution < -0.4 is 14.8 Å². The molecule has 0 saturated carbocycles. The van der Waals surface area contributed by atoms with Gasteiger partial charge < -0.3 is 14.8 Å². The molecule has 0 spiro atoms. The van der Waals surface area contributed by atoms with E-state index in [-0.39, 0.29) is 11.7 Å². The van der Waals surface area contributed by atoms with Gasteiger partial charge in [0.05, 0.1) is 13.2 Å². The molecular weight excluding hydrogens is 285 g/mol. The number of carbonyl (C=O) groups is 1. The van der Waals surface area contributed by atoms with Crippen LogP contribution in [-0.2, 0) is 4.79 Å². The van der Waals surface area contributed by atoms with E-state index in [0.29, 0.717) is 25.4 Å². The molecule has 0 bridgehead atoms. The van der Waals surface area contributed by atoms with E-state index in [1.807, 2.05) is 0 Å². The van der Waals surface area contributed by atoms with Gasteiger partial charge in [-0.2, -0.15) is 0 Å². The maximum Gasteiger partial charge on any atom is 0.221 e. The molecule has 1 amide bonds. The zero-order valence-electron chi connectivity index (χ0n) is 12.3. The summed E-state index contributed by atoms with van der Waals surface area (Å²) in [6.07, 6.45) is 0.713. The van der Waals surface area contributed by atoms with Crippen molar-refractivity contribution < 1.29 is 18.7 Å². The van der Waals surface area contributed by atoms with Crippen LogP contribution in [0.15, 0.2) is 48.5 Å². The van der Waals surface area contributed by atoms with Crippen LogP contribution in [0, 0.1) is 5.82 Å². The van der Waals surface area contributed by atoms with Crippen molar-refractivity contribution in [1.82, 2.24) is 0 Å². The lowest BCUT2D eigenvalue weighted by Gasteiger charge is -2.09. The average Bonchev–Trinajstić information content (AvgIpc) is 2.50. The Hall–Kier alpha value is -2.56. The first-order valence-electron chi connectivity index (χ1n) is 7.02. The van der Waals surface area contributed by atoms with E-state index in [1.165, 1.54) is 19.1 Å². The third kappa shape index (κ3) is 5.44. The van der Waals surface area contributed by atoms with Crippen molar-refractivity contribution in [3.8, 4) is 11.5 Å². The van der Waals surface area contributed by atoms with E-state index in [9.17, 15) is 9.18 Å². The van der Waals surface area contributed by atoms with Crippen molar-refractivity contribution in [2.75, 3.05) is 18.5 Å². The van der Waals surface area contributed by atoms with Crippen LogP contribution in [-0.4, -0.2) is 19.1 Å². The lowest BCUT2D eigenvalue weighted by atomic mass is 10.3. The van der Waals surface area contributed by atoms with E-state index < -0.39 is 0 Å². The summed E-state index contributed by atoms with van der Waals surface area (Å²) in [5, 5.41) is 2.69. The zero-order chi connectivity index (χ0) is 15.8. The first kappa shape index (κ1) is 15.8. The molecule has 5 heteroatoms. The normalized spacial score (nSPS) is 10.1. The van der Waals surface area contributed by atoms with Crippen molar-refractivity contribution in [2.24, 2.45) is 0 Å². The van der Waals surface area contributed by atoms with E-state index in [2.05, 4.69) is 5.32 Å². The number of amides is 1. The Morgan fingerprint density at radius 3 is 1.95 bits per heavy atom. The van der Waals surface area contributed by atoms with Gasteiger partial charge in [-0.25, -0.2) is 4.39 Å². The molecule has 0 unspecified atom stereocenters. The second kappa shape index (κ2) is 8.02. The summed E-state index contributed by atoms with van der Waals surface area (Å²) >= 11 is 0. The van der Waals surface area contributed by atoms with Gasteiger partial charge in [-0.3, -0.25) is 4.79 Å². The van der Waals surface area contributed by atoms with Crippen LogP contribution in [0.2, 0.25) is 0 Å². The molecule has 0 aliphatic carbocycles. The lowest BCUT2D eigenvalue weighted by Crippen LogP contribution is -2.06. The van der Waals surface area contributed by atoms with Crippen molar-refractivity contribution >= 4 is 11.6 Å². The number of hydrogen-bond acceptors (Lipinski definition) is 3. The Labute approximate surface area is 128 Å². The summed E-state index contributed by atoms with van der Waals surface area (Å²) in [5.41, 5.74) is 0.736. The van der Waals surface area contributed by atoms with Crippen LogP contribution in [0.1, 0.15) is 13.3 Å². The van der Waals surface area contributed by atoms with Gasteiger partial charge in [-0.15, -0.1) is 0 Å². The zero-order valence-corrected chi connectivity index (χ0v) is 12.3. The minimum absolute atomic E-state index is 0.105. The number of benzene rings is 2. The van der Waals surface area contributed by atoms with E-state index in [0.717, 1.165) is 11.4 Å². The first-order valence-corrected chi connectivity index (χ1v) is 7.02. The van der Waals surface area contributed by atoms with Crippen molar-refractivity contribution in [2.45, 2.75) is 13.3 Å². The first-order chi connectivity index (χ1) is 10.6. The molecule has 1 N–H and O–H groups in total. The summed E-state index contributed by atoms with van der Waals surface area (Å²) in [7, 11) is 0. The van der Waals surface area contributed by atoms with Gasteiger partial charge >= 0.3 is 0 Å². The fraction of sp³-hybridized carbons (Fsp3) is 0.235. The van der Waals surface area contributed by atoms with Gasteiger partial charge in [0, 0.05) is 19.0 Å².